The third kappa shape index (κ3) is 4.19. The summed E-state index contributed by atoms with van der Waals surface area (Å²) in [5, 5.41) is 0. The molecule has 2 aromatic rings. The van der Waals surface area contributed by atoms with E-state index in [0.29, 0.717) is 18.4 Å². The summed E-state index contributed by atoms with van der Waals surface area (Å²) < 4.78 is 30.3. The minimum absolute atomic E-state index is 0.185. The summed E-state index contributed by atoms with van der Waals surface area (Å²) in [7, 11) is 0. The second-order valence-corrected chi connectivity index (χ2v) is 7.33. The van der Waals surface area contributed by atoms with Crippen LogP contribution in [0, 0.1) is 11.7 Å². The Bertz CT molecular complexity index is 765. The lowest BCUT2D eigenvalue weighted by Crippen LogP contribution is -2.42. The van der Waals surface area contributed by atoms with Gasteiger partial charge in [0.2, 0.25) is 6.79 Å². The number of benzene rings is 2. The predicted octanol–water partition coefficient (Wildman–Crippen LogP) is 4.45. The molecule has 0 amide bonds. The number of nitrogens with zero attached hydrogens (tertiary/aromatic N) is 1. The Labute approximate surface area is 159 Å². The maximum Gasteiger partial charge on any atom is 0.231 e. The molecule has 1 saturated heterocycles. The first-order valence-electron chi connectivity index (χ1n) is 9.73. The van der Waals surface area contributed by atoms with Crippen LogP contribution in [0.2, 0.25) is 0 Å². The first-order valence-corrected chi connectivity index (χ1v) is 9.73. The van der Waals surface area contributed by atoms with E-state index in [1.54, 1.807) is 12.1 Å². The van der Waals surface area contributed by atoms with E-state index in [1.165, 1.54) is 5.56 Å². The number of halogens is 1. The Morgan fingerprint density at radius 2 is 1.93 bits per heavy atom. The fraction of sp³-hybridized carbons (Fsp3) is 0.455. The van der Waals surface area contributed by atoms with Gasteiger partial charge in [-0.25, -0.2) is 4.39 Å². The molecule has 0 N–H and O–H groups in total. The number of fused-ring (bicyclic) bond motifs is 1. The van der Waals surface area contributed by atoms with Gasteiger partial charge in [0.25, 0.3) is 0 Å². The van der Waals surface area contributed by atoms with Crippen molar-refractivity contribution in [2.45, 2.75) is 25.7 Å². The van der Waals surface area contributed by atoms with Gasteiger partial charge in [0.05, 0.1) is 6.61 Å². The van der Waals surface area contributed by atoms with Gasteiger partial charge in [-0.15, -0.1) is 0 Å². The lowest BCUT2D eigenvalue weighted by Gasteiger charge is -2.38. The second-order valence-electron chi connectivity index (χ2n) is 7.33. The number of rotatable bonds is 6. The van der Waals surface area contributed by atoms with Crippen LogP contribution in [0.15, 0.2) is 42.5 Å². The molecule has 0 aliphatic carbocycles. The fourth-order valence-corrected chi connectivity index (χ4v) is 4.11. The van der Waals surface area contributed by atoms with Crippen LogP contribution < -0.4 is 14.2 Å². The molecule has 0 unspecified atom stereocenters. The third-order valence-electron chi connectivity index (χ3n) is 5.46. The average Bonchev–Trinajstić information content (AvgIpc) is 3.15. The zero-order valence-corrected chi connectivity index (χ0v) is 15.7. The van der Waals surface area contributed by atoms with Gasteiger partial charge in [-0.2, -0.15) is 0 Å². The number of hydrogen-bond donors (Lipinski definition) is 0. The van der Waals surface area contributed by atoms with Crippen LogP contribution in [0.25, 0.3) is 0 Å². The van der Waals surface area contributed by atoms with E-state index in [-0.39, 0.29) is 12.6 Å². The van der Waals surface area contributed by atoms with Gasteiger partial charge in [-0.05, 0) is 61.7 Å². The number of ether oxygens (including phenoxy) is 3. The molecule has 4 nitrogen and oxygen atoms in total. The van der Waals surface area contributed by atoms with Crippen molar-refractivity contribution in [1.82, 2.24) is 4.90 Å². The normalized spacial score (nSPS) is 22.0. The van der Waals surface area contributed by atoms with Gasteiger partial charge >= 0.3 is 0 Å². The zero-order chi connectivity index (χ0) is 18.6. The van der Waals surface area contributed by atoms with Crippen LogP contribution in [0.1, 0.15) is 31.2 Å². The Morgan fingerprint density at radius 1 is 1.11 bits per heavy atom. The van der Waals surface area contributed by atoms with E-state index in [2.05, 4.69) is 11.8 Å². The first-order chi connectivity index (χ1) is 13.2. The smallest absolute Gasteiger partial charge is 0.231 e. The van der Waals surface area contributed by atoms with E-state index in [0.717, 1.165) is 49.7 Å². The summed E-state index contributed by atoms with van der Waals surface area (Å²) in [6.07, 6.45) is 2.22. The van der Waals surface area contributed by atoms with Crippen molar-refractivity contribution >= 4 is 0 Å². The van der Waals surface area contributed by atoms with Crippen molar-refractivity contribution < 1.29 is 18.6 Å². The van der Waals surface area contributed by atoms with Gasteiger partial charge < -0.3 is 19.1 Å². The van der Waals surface area contributed by atoms with Crippen LogP contribution in [0.5, 0.6) is 17.2 Å². The minimum atomic E-state index is -0.185. The highest BCUT2D eigenvalue weighted by Gasteiger charge is 2.30. The Balaban J connectivity index is 1.47. The van der Waals surface area contributed by atoms with Gasteiger partial charge in [-0.3, -0.25) is 0 Å². The molecular weight excluding hydrogens is 345 g/mol. The SMILES string of the molecule is CCCN1CC[C@@H](c2ccc(F)cc2)[C@H](COc2ccc3c(c2)OCO3)C1. The van der Waals surface area contributed by atoms with E-state index < -0.39 is 0 Å². The maximum atomic E-state index is 13.3. The van der Waals surface area contributed by atoms with Crippen LogP contribution in [0.4, 0.5) is 4.39 Å². The Hall–Kier alpha value is -2.27. The van der Waals surface area contributed by atoms with Crippen molar-refractivity contribution in [1.29, 1.82) is 0 Å². The number of hydrogen-bond acceptors (Lipinski definition) is 4. The fourth-order valence-electron chi connectivity index (χ4n) is 4.11. The van der Waals surface area contributed by atoms with E-state index in [1.807, 2.05) is 30.3 Å². The molecule has 4 rings (SSSR count). The summed E-state index contributed by atoms with van der Waals surface area (Å²) >= 11 is 0. The van der Waals surface area contributed by atoms with Gasteiger partial charge in [0.1, 0.15) is 11.6 Å². The van der Waals surface area contributed by atoms with Gasteiger partial charge in [0, 0.05) is 18.5 Å². The Kier molecular flexibility index (Phi) is 5.48. The minimum Gasteiger partial charge on any atom is -0.493 e. The zero-order valence-electron chi connectivity index (χ0n) is 15.7. The first kappa shape index (κ1) is 18.1. The van der Waals surface area contributed by atoms with Crippen LogP contribution in [-0.2, 0) is 0 Å². The topological polar surface area (TPSA) is 30.9 Å². The monoisotopic (exact) mass is 371 g/mol. The van der Waals surface area contributed by atoms with Gasteiger partial charge in [0.15, 0.2) is 11.5 Å². The molecule has 0 aromatic heterocycles. The third-order valence-corrected chi connectivity index (χ3v) is 5.46. The molecule has 2 aromatic carbocycles. The summed E-state index contributed by atoms with van der Waals surface area (Å²) in [6, 6.07) is 12.7. The second kappa shape index (κ2) is 8.17. The highest BCUT2D eigenvalue weighted by Crippen LogP contribution is 2.37. The van der Waals surface area contributed by atoms with E-state index in [9.17, 15) is 4.39 Å². The number of likely N-dealkylation sites (tertiary alicyclic amines) is 1. The van der Waals surface area contributed by atoms with Crippen molar-refractivity contribution in [3.05, 3.63) is 53.8 Å². The lowest BCUT2D eigenvalue weighted by molar-refractivity contribution is 0.111. The summed E-state index contributed by atoms with van der Waals surface area (Å²) in [6.45, 7) is 6.29. The molecule has 27 heavy (non-hydrogen) atoms. The average molecular weight is 371 g/mol. The molecule has 2 atom stereocenters. The van der Waals surface area contributed by atoms with Crippen LogP contribution >= 0.6 is 0 Å². The Morgan fingerprint density at radius 3 is 2.74 bits per heavy atom. The molecule has 2 aliphatic heterocycles. The van der Waals surface area contributed by atoms with Crippen LogP contribution in [0.3, 0.4) is 0 Å². The largest absolute Gasteiger partial charge is 0.493 e. The summed E-state index contributed by atoms with van der Waals surface area (Å²) in [5.74, 6) is 2.85. The highest BCUT2D eigenvalue weighted by molar-refractivity contribution is 5.46. The molecule has 2 heterocycles. The quantitative estimate of drug-likeness (QED) is 0.751. The molecule has 0 saturated carbocycles. The molecule has 1 fully saturated rings. The predicted molar refractivity (Wildman–Crippen MR) is 102 cm³/mol. The summed E-state index contributed by atoms with van der Waals surface area (Å²) in [4.78, 5) is 2.51. The van der Waals surface area contributed by atoms with Gasteiger partial charge in [-0.1, -0.05) is 19.1 Å². The van der Waals surface area contributed by atoms with Crippen molar-refractivity contribution in [2.24, 2.45) is 5.92 Å². The molecule has 0 radical (unpaired) electrons. The van der Waals surface area contributed by atoms with E-state index in [4.69, 9.17) is 14.2 Å². The van der Waals surface area contributed by atoms with E-state index >= 15 is 0 Å². The van der Waals surface area contributed by atoms with Crippen molar-refractivity contribution in [3.63, 3.8) is 0 Å². The molecular formula is C22H26FNO3. The molecule has 0 bridgehead atoms. The van der Waals surface area contributed by atoms with Crippen molar-refractivity contribution in [3.8, 4) is 17.2 Å². The highest BCUT2D eigenvalue weighted by atomic mass is 19.1. The standard InChI is InChI=1S/C22H26FNO3/c1-2-10-24-11-9-20(16-3-5-18(23)6-4-16)17(13-24)14-25-19-7-8-21-22(12-19)27-15-26-21/h3-8,12,17,20H,2,9-11,13-15H2,1H3/t17-,20-/m0/s1. The lowest BCUT2D eigenvalue weighted by atomic mass is 9.81. The molecule has 144 valence electrons. The summed E-state index contributed by atoms with van der Waals surface area (Å²) in [5.41, 5.74) is 1.20. The number of piperidine rings is 1. The van der Waals surface area contributed by atoms with Crippen LogP contribution in [-0.4, -0.2) is 37.9 Å². The molecule has 2 aliphatic rings. The maximum absolute atomic E-state index is 13.3. The molecule has 0 spiro atoms. The van der Waals surface area contributed by atoms with Crippen molar-refractivity contribution in [2.75, 3.05) is 33.0 Å². The molecule has 5 heteroatoms.